The van der Waals surface area contributed by atoms with Gasteiger partial charge in [-0.25, -0.2) is 14.1 Å². The molecule has 0 unspecified atom stereocenters. The van der Waals surface area contributed by atoms with Gasteiger partial charge in [-0.2, -0.15) is 13.2 Å². The number of halogens is 4. The monoisotopic (exact) mass is 303 g/mol. The third-order valence-electron chi connectivity index (χ3n) is 3.04. The summed E-state index contributed by atoms with van der Waals surface area (Å²) in [6, 6.07) is 8.59. The lowest BCUT2D eigenvalue weighted by Crippen LogP contribution is -2.08. The molecule has 2 atom stereocenters. The molecule has 0 fully saturated rings. The molecule has 1 aromatic heterocycles. The Morgan fingerprint density at radius 2 is 1.90 bits per heavy atom. The third kappa shape index (κ3) is 2.52. The predicted octanol–water partition coefficient (Wildman–Crippen LogP) is 3.89. The molecule has 0 saturated heterocycles. The van der Waals surface area contributed by atoms with Gasteiger partial charge in [0.1, 0.15) is 0 Å². The number of thioether (sulfide) groups is 1. The summed E-state index contributed by atoms with van der Waals surface area (Å²) in [5, 5.41) is 3.33. The highest BCUT2D eigenvalue weighted by molar-refractivity contribution is 8.00. The lowest BCUT2D eigenvalue weighted by Gasteiger charge is -2.11. The fourth-order valence-electron chi connectivity index (χ4n) is 2.26. The van der Waals surface area contributed by atoms with Crippen molar-refractivity contribution in [2.45, 2.75) is 29.3 Å². The van der Waals surface area contributed by atoms with E-state index in [0.29, 0.717) is 0 Å². The highest BCUT2D eigenvalue weighted by Crippen LogP contribution is 2.42. The Morgan fingerprint density at radius 3 is 2.55 bits per heavy atom. The molecular formula is C12H9F4N3S. The van der Waals surface area contributed by atoms with E-state index in [1.54, 1.807) is 24.3 Å². The van der Waals surface area contributed by atoms with E-state index in [9.17, 15) is 17.6 Å². The van der Waals surface area contributed by atoms with E-state index in [0.717, 1.165) is 5.56 Å². The van der Waals surface area contributed by atoms with Crippen LogP contribution in [0.15, 0.2) is 35.5 Å². The maximum absolute atomic E-state index is 13.9. The lowest BCUT2D eigenvalue weighted by molar-refractivity contribution is -0.0331. The molecule has 0 bridgehead atoms. The maximum Gasteiger partial charge on any atom is 0.449 e. The van der Waals surface area contributed by atoms with E-state index in [1.165, 1.54) is 4.68 Å². The van der Waals surface area contributed by atoms with Crippen molar-refractivity contribution in [3.05, 3.63) is 41.7 Å². The predicted molar refractivity (Wildman–Crippen MR) is 65.0 cm³/mol. The van der Waals surface area contributed by atoms with Gasteiger partial charge in [-0.15, -0.1) is 5.10 Å². The van der Waals surface area contributed by atoms with E-state index in [4.69, 9.17) is 0 Å². The van der Waals surface area contributed by atoms with E-state index in [2.05, 4.69) is 10.1 Å². The van der Waals surface area contributed by atoms with Gasteiger partial charge in [-0.05, 0) is 5.56 Å². The van der Waals surface area contributed by atoms with Crippen LogP contribution in [-0.4, -0.2) is 20.3 Å². The Labute approximate surface area is 116 Å². The van der Waals surface area contributed by atoms with Gasteiger partial charge >= 0.3 is 5.51 Å². The zero-order chi connectivity index (χ0) is 14.3. The van der Waals surface area contributed by atoms with E-state index in [-0.39, 0.29) is 12.2 Å². The van der Waals surface area contributed by atoms with Gasteiger partial charge in [0.15, 0.2) is 12.0 Å². The summed E-state index contributed by atoms with van der Waals surface area (Å²) < 4.78 is 52.0. The van der Waals surface area contributed by atoms with Crippen LogP contribution in [0.3, 0.4) is 0 Å². The zero-order valence-electron chi connectivity index (χ0n) is 10.0. The second-order valence-corrected chi connectivity index (χ2v) is 5.41. The summed E-state index contributed by atoms with van der Waals surface area (Å²) >= 11 is -0.425. The molecule has 3 rings (SSSR count). The van der Waals surface area contributed by atoms with Crippen molar-refractivity contribution in [1.82, 2.24) is 14.8 Å². The van der Waals surface area contributed by atoms with Crippen molar-refractivity contribution in [2.24, 2.45) is 0 Å². The Hall–Kier alpha value is -1.57. The molecule has 1 aromatic carbocycles. The van der Waals surface area contributed by atoms with Gasteiger partial charge in [0, 0.05) is 18.2 Å². The minimum Gasteiger partial charge on any atom is -0.239 e. The Balaban J connectivity index is 1.94. The molecule has 3 nitrogen and oxygen atoms in total. The number of nitrogens with zero attached hydrogens (tertiary/aromatic N) is 3. The molecule has 20 heavy (non-hydrogen) atoms. The Kier molecular flexibility index (Phi) is 3.19. The second-order valence-electron chi connectivity index (χ2n) is 4.37. The molecule has 1 aliphatic heterocycles. The maximum atomic E-state index is 13.9. The first kappa shape index (κ1) is 13.4. The number of hydrogen-bond donors (Lipinski definition) is 0. The quantitative estimate of drug-likeness (QED) is 0.623. The minimum atomic E-state index is -4.48. The van der Waals surface area contributed by atoms with Crippen LogP contribution in [0, 0.1) is 0 Å². The molecule has 1 aliphatic rings. The van der Waals surface area contributed by atoms with Crippen molar-refractivity contribution < 1.29 is 17.6 Å². The molecule has 106 valence electrons. The van der Waals surface area contributed by atoms with Crippen LogP contribution in [0.1, 0.15) is 30.0 Å². The van der Waals surface area contributed by atoms with Crippen molar-refractivity contribution in [3.8, 4) is 0 Å². The van der Waals surface area contributed by atoms with Crippen LogP contribution < -0.4 is 0 Å². The standard InChI is InChI=1S/C12H9F4N3S/c13-8-6-9(7-4-2-1-3-5-7)19-10(8)17-11(18-19)20-12(14,15)16/h1-5,8-9H,6H2/t8-,9-/m0/s1. The van der Waals surface area contributed by atoms with Gasteiger partial charge in [-0.3, -0.25) is 0 Å². The highest BCUT2D eigenvalue weighted by Gasteiger charge is 2.38. The molecular weight excluding hydrogens is 294 g/mol. The van der Waals surface area contributed by atoms with Crippen LogP contribution >= 0.6 is 11.8 Å². The lowest BCUT2D eigenvalue weighted by atomic mass is 10.0. The SMILES string of the molecule is F[C@H]1C[C@@H](c2ccccc2)n2nc(SC(F)(F)F)nc21. The second kappa shape index (κ2) is 4.76. The molecule has 0 N–H and O–H groups in total. The number of benzene rings is 1. The van der Waals surface area contributed by atoms with Crippen LogP contribution in [0.5, 0.6) is 0 Å². The van der Waals surface area contributed by atoms with Crippen LogP contribution in [0.2, 0.25) is 0 Å². The van der Waals surface area contributed by atoms with Crippen molar-refractivity contribution in [1.29, 1.82) is 0 Å². The van der Waals surface area contributed by atoms with Crippen LogP contribution in [-0.2, 0) is 0 Å². The van der Waals surface area contributed by atoms with E-state index >= 15 is 0 Å². The minimum absolute atomic E-state index is 0.0365. The van der Waals surface area contributed by atoms with E-state index in [1.807, 2.05) is 6.07 Å². The van der Waals surface area contributed by atoms with Crippen molar-refractivity contribution in [3.63, 3.8) is 0 Å². The van der Waals surface area contributed by atoms with Gasteiger partial charge in [0.25, 0.3) is 0 Å². The number of aromatic nitrogens is 3. The third-order valence-corrected chi connectivity index (χ3v) is 3.62. The first-order valence-corrected chi connectivity index (χ1v) is 6.67. The van der Waals surface area contributed by atoms with Crippen molar-refractivity contribution in [2.75, 3.05) is 0 Å². The number of fused-ring (bicyclic) bond motifs is 1. The molecule has 0 saturated carbocycles. The molecule has 0 amide bonds. The molecule has 8 heteroatoms. The summed E-state index contributed by atoms with van der Waals surface area (Å²) in [5.41, 5.74) is -3.67. The highest BCUT2D eigenvalue weighted by atomic mass is 32.2. The van der Waals surface area contributed by atoms with E-state index < -0.39 is 34.6 Å². The van der Waals surface area contributed by atoms with Crippen LogP contribution in [0.4, 0.5) is 17.6 Å². The molecule has 0 spiro atoms. The molecule has 0 aliphatic carbocycles. The molecule has 2 aromatic rings. The van der Waals surface area contributed by atoms with Gasteiger partial charge in [0.2, 0.25) is 5.16 Å². The largest absolute Gasteiger partial charge is 0.449 e. The summed E-state index contributed by atoms with van der Waals surface area (Å²) in [6.45, 7) is 0. The van der Waals surface area contributed by atoms with Gasteiger partial charge in [0.05, 0.1) is 6.04 Å². The first-order chi connectivity index (χ1) is 9.44. The van der Waals surface area contributed by atoms with Gasteiger partial charge < -0.3 is 0 Å². The molecule has 0 radical (unpaired) electrons. The van der Waals surface area contributed by atoms with Gasteiger partial charge in [-0.1, -0.05) is 30.3 Å². The summed E-state index contributed by atoms with van der Waals surface area (Å²) in [5.74, 6) is -0.0365. The summed E-state index contributed by atoms with van der Waals surface area (Å²) in [6.07, 6.45) is -1.24. The average molecular weight is 303 g/mol. The zero-order valence-corrected chi connectivity index (χ0v) is 10.8. The summed E-state index contributed by atoms with van der Waals surface area (Å²) in [4.78, 5) is 3.65. The normalized spacial score (nSPS) is 22.0. The Morgan fingerprint density at radius 1 is 1.20 bits per heavy atom. The Bertz CT molecular complexity index is 611. The topological polar surface area (TPSA) is 30.7 Å². The van der Waals surface area contributed by atoms with Crippen LogP contribution in [0.25, 0.3) is 0 Å². The fraction of sp³-hybridized carbons (Fsp3) is 0.333. The fourth-order valence-corrected chi connectivity index (χ4v) is 2.73. The summed E-state index contributed by atoms with van der Waals surface area (Å²) in [7, 11) is 0. The first-order valence-electron chi connectivity index (χ1n) is 5.85. The van der Waals surface area contributed by atoms with Crippen molar-refractivity contribution >= 4 is 11.8 Å². The average Bonchev–Trinajstić information content (AvgIpc) is 2.89. The number of alkyl halides is 4. The number of hydrogen-bond acceptors (Lipinski definition) is 3. The molecule has 2 heterocycles. The smallest absolute Gasteiger partial charge is 0.239 e. The number of rotatable bonds is 2.